The molecule has 8 nitrogen and oxygen atoms in total. The Morgan fingerprint density at radius 3 is 2.83 bits per heavy atom. The number of nitrogens with one attached hydrogen (secondary N) is 2. The summed E-state index contributed by atoms with van der Waals surface area (Å²) in [6.07, 6.45) is -1.20. The number of halogens is 3. The zero-order valence-corrected chi connectivity index (χ0v) is 15.6. The van der Waals surface area contributed by atoms with Gasteiger partial charge in [-0.05, 0) is 25.1 Å². The molecular formula is C18H20F3N7O. The van der Waals surface area contributed by atoms with E-state index in [-0.39, 0.29) is 12.4 Å². The van der Waals surface area contributed by atoms with E-state index in [1.807, 2.05) is 35.7 Å². The molecule has 11 heteroatoms. The molecule has 0 fully saturated rings. The molecule has 3 aromatic heterocycles. The highest BCUT2D eigenvalue weighted by Gasteiger charge is 2.29. The van der Waals surface area contributed by atoms with Crippen LogP contribution in [0, 0.1) is 0 Å². The second kappa shape index (κ2) is 9.22. The Kier molecular flexibility index (Phi) is 6.47. The van der Waals surface area contributed by atoms with Gasteiger partial charge in [-0.2, -0.15) is 13.2 Å². The van der Waals surface area contributed by atoms with Crippen LogP contribution >= 0.6 is 0 Å². The molecule has 0 aliphatic heterocycles. The van der Waals surface area contributed by atoms with Gasteiger partial charge in [-0.25, -0.2) is 9.98 Å². The molecule has 0 saturated carbocycles. The number of rotatable bonds is 7. The van der Waals surface area contributed by atoms with Crippen molar-refractivity contribution in [1.29, 1.82) is 0 Å². The van der Waals surface area contributed by atoms with Crippen molar-refractivity contribution in [3.63, 3.8) is 0 Å². The fraction of sp³-hybridized carbons (Fsp3) is 0.333. The number of fused-ring (bicyclic) bond motifs is 1. The summed E-state index contributed by atoms with van der Waals surface area (Å²) in [6, 6.07) is 8.84. The third-order valence-corrected chi connectivity index (χ3v) is 3.77. The molecule has 29 heavy (non-hydrogen) atoms. The predicted molar refractivity (Wildman–Crippen MR) is 100 cm³/mol. The first-order chi connectivity index (χ1) is 14.0. The van der Waals surface area contributed by atoms with Crippen molar-refractivity contribution in [3.8, 4) is 5.88 Å². The maximum Gasteiger partial charge on any atom is 0.422 e. The van der Waals surface area contributed by atoms with Gasteiger partial charge in [0.1, 0.15) is 0 Å². The molecule has 0 aliphatic rings. The van der Waals surface area contributed by atoms with Gasteiger partial charge < -0.3 is 15.4 Å². The van der Waals surface area contributed by atoms with Gasteiger partial charge >= 0.3 is 6.18 Å². The highest BCUT2D eigenvalue weighted by molar-refractivity contribution is 5.79. The van der Waals surface area contributed by atoms with Gasteiger partial charge in [0, 0.05) is 24.5 Å². The third kappa shape index (κ3) is 5.80. The van der Waals surface area contributed by atoms with E-state index in [9.17, 15) is 13.2 Å². The average Bonchev–Trinajstić information content (AvgIpc) is 3.12. The first kappa shape index (κ1) is 20.4. The number of hydrogen-bond donors (Lipinski definition) is 2. The van der Waals surface area contributed by atoms with Crippen LogP contribution in [0.15, 0.2) is 47.7 Å². The SMILES string of the molecule is CCNC(=NCc1cccnc1OCC(F)(F)F)NCc1nnc2ccccn12. The standard InChI is InChI=1S/C18H20F3N7O/c1-2-22-17(25-11-15-27-26-14-7-3-4-9-28(14)15)24-10-13-6-5-8-23-16(13)29-12-18(19,20)21/h3-9H,2,10-12H2,1H3,(H2,22,24,25). The Morgan fingerprint density at radius 1 is 1.17 bits per heavy atom. The van der Waals surface area contributed by atoms with E-state index in [4.69, 9.17) is 4.74 Å². The lowest BCUT2D eigenvalue weighted by Crippen LogP contribution is -2.37. The fourth-order valence-electron chi connectivity index (χ4n) is 2.50. The van der Waals surface area contributed by atoms with Crippen LogP contribution in [0.2, 0.25) is 0 Å². The highest BCUT2D eigenvalue weighted by Crippen LogP contribution is 2.20. The Bertz CT molecular complexity index is 971. The first-order valence-electron chi connectivity index (χ1n) is 8.90. The zero-order chi connectivity index (χ0) is 20.7. The lowest BCUT2D eigenvalue weighted by Gasteiger charge is -2.13. The van der Waals surface area contributed by atoms with Gasteiger partial charge in [0.2, 0.25) is 5.88 Å². The summed E-state index contributed by atoms with van der Waals surface area (Å²) in [4.78, 5) is 8.28. The second-order valence-electron chi connectivity index (χ2n) is 5.97. The molecule has 0 atom stereocenters. The summed E-state index contributed by atoms with van der Waals surface area (Å²) in [5.74, 6) is 1.08. The fourth-order valence-corrected chi connectivity index (χ4v) is 2.50. The van der Waals surface area contributed by atoms with Crippen LogP contribution in [0.25, 0.3) is 5.65 Å². The number of nitrogens with zero attached hydrogens (tertiary/aromatic N) is 5. The number of pyridine rings is 2. The summed E-state index contributed by atoms with van der Waals surface area (Å²) < 4.78 is 43.9. The highest BCUT2D eigenvalue weighted by atomic mass is 19.4. The van der Waals surface area contributed by atoms with E-state index in [1.165, 1.54) is 6.20 Å². The maximum atomic E-state index is 12.4. The largest absolute Gasteiger partial charge is 0.468 e. The third-order valence-electron chi connectivity index (χ3n) is 3.77. The van der Waals surface area contributed by atoms with Gasteiger partial charge in [0.25, 0.3) is 0 Å². The number of guanidine groups is 1. The van der Waals surface area contributed by atoms with Crippen LogP contribution in [0.4, 0.5) is 13.2 Å². The molecule has 0 bridgehead atoms. The Morgan fingerprint density at radius 2 is 2.03 bits per heavy atom. The summed E-state index contributed by atoms with van der Waals surface area (Å²) in [5.41, 5.74) is 1.18. The zero-order valence-electron chi connectivity index (χ0n) is 15.6. The van der Waals surface area contributed by atoms with Crippen molar-refractivity contribution in [2.24, 2.45) is 4.99 Å². The first-order valence-corrected chi connectivity index (χ1v) is 8.90. The van der Waals surface area contributed by atoms with E-state index in [0.717, 1.165) is 5.65 Å². The van der Waals surface area contributed by atoms with Gasteiger partial charge in [0.15, 0.2) is 24.0 Å². The lowest BCUT2D eigenvalue weighted by molar-refractivity contribution is -0.154. The van der Waals surface area contributed by atoms with Crippen molar-refractivity contribution in [2.75, 3.05) is 13.2 Å². The summed E-state index contributed by atoms with van der Waals surface area (Å²) >= 11 is 0. The van der Waals surface area contributed by atoms with Crippen LogP contribution in [0.1, 0.15) is 18.3 Å². The minimum Gasteiger partial charge on any atom is -0.468 e. The predicted octanol–water partition coefficient (Wildman–Crippen LogP) is 2.32. The van der Waals surface area contributed by atoms with E-state index >= 15 is 0 Å². The van der Waals surface area contributed by atoms with Gasteiger partial charge in [-0.15, -0.1) is 10.2 Å². The van der Waals surface area contributed by atoms with Crippen molar-refractivity contribution in [2.45, 2.75) is 26.2 Å². The monoisotopic (exact) mass is 407 g/mol. The van der Waals surface area contributed by atoms with Crippen LogP contribution < -0.4 is 15.4 Å². The number of ether oxygens (including phenoxy) is 1. The number of aromatic nitrogens is 4. The van der Waals surface area contributed by atoms with Crippen LogP contribution in [0.5, 0.6) is 5.88 Å². The summed E-state index contributed by atoms with van der Waals surface area (Å²) in [7, 11) is 0. The Balaban J connectivity index is 1.68. The molecule has 0 amide bonds. The molecule has 0 unspecified atom stereocenters. The molecule has 2 N–H and O–H groups in total. The number of hydrogen-bond acceptors (Lipinski definition) is 5. The van der Waals surface area contributed by atoms with E-state index in [2.05, 4.69) is 30.8 Å². The quantitative estimate of drug-likeness (QED) is 0.462. The van der Waals surface area contributed by atoms with E-state index in [1.54, 1.807) is 12.1 Å². The smallest absolute Gasteiger partial charge is 0.422 e. The van der Waals surface area contributed by atoms with Crippen LogP contribution in [-0.2, 0) is 13.1 Å². The molecule has 0 spiro atoms. The topological polar surface area (TPSA) is 88.7 Å². The van der Waals surface area contributed by atoms with Crippen molar-refractivity contribution in [1.82, 2.24) is 30.2 Å². The molecule has 3 aromatic rings. The van der Waals surface area contributed by atoms with Gasteiger partial charge in [0.05, 0.1) is 13.1 Å². The summed E-state index contributed by atoms with van der Waals surface area (Å²) in [5, 5.41) is 14.4. The normalized spacial score (nSPS) is 12.2. The number of alkyl halides is 3. The molecule has 154 valence electrons. The average molecular weight is 407 g/mol. The Hall–Kier alpha value is -3.37. The van der Waals surface area contributed by atoms with Crippen LogP contribution in [0.3, 0.4) is 0 Å². The number of aliphatic imine (C=N–C) groups is 1. The van der Waals surface area contributed by atoms with Crippen molar-refractivity contribution in [3.05, 3.63) is 54.1 Å². The lowest BCUT2D eigenvalue weighted by atomic mass is 10.3. The second-order valence-corrected chi connectivity index (χ2v) is 5.97. The molecule has 0 radical (unpaired) electrons. The summed E-state index contributed by atoms with van der Waals surface area (Å²) in [6.45, 7) is 1.57. The minimum absolute atomic E-state index is 0.0899. The van der Waals surface area contributed by atoms with Crippen LogP contribution in [-0.4, -0.2) is 44.9 Å². The van der Waals surface area contributed by atoms with Crippen molar-refractivity contribution >= 4 is 11.6 Å². The molecule has 0 aromatic carbocycles. The van der Waals surface area contributed by atoms with Crippen molar-refractivity contribution < 1.29 is 17.9 Å². The maximum absolute atomic E-state index is 12.4. The molecular weight excluding hydrogens is 387 g/mol. The van der Waals surface area contributed by atoms with Gasteiger partial charge in [-0.3, -0.25) is 4.40 Å². The molecule has 0 aliphatic carbocycles. The molecule has 3 rings (SSSR count). The van der Waals surface area contributed by atoms with E-state index < -0.39 is 12.8 Å². The molecule has 0 saturated heterocycles. The minimum atomic E-state index is -4.43. The van der Waals surface area contributed by atoms with E-state index in [0.29, 0.717) is 30.4 Å². The molecule has 3 heterocycles. The Labute approximate surface area is 164 Å². The van der Waals surface area contributed by atoms with Gasteiger partial charge in [-0.1, -0.05) is 12.1 Å².